The number of hydrogen-bond acceptors (Lipinski definition) is 4. The maximum Gasteiger partial charge on any atom is 0.295 e. The Morgan fingerprint density at radius 3 is 2.12 bits per heavy atom. The molecular weight excluding hydrogens is 424 g/mol. The predicted octanol–water partition coefficient (Wildman–Crippen LogP) is 5.36. The number of nitrogens with zero attached hydrogens (tertiary/aromatic N) is 2. The van der Waals surface area contributed by atoms with Gasteiger partial charge in [-0.2, -0.15) is 0 Å². The lowest BCUT2D eigenvalue weighted by Gasteiger charge is -2.28. The third-order valence-corrected chi connectivity index (χ3v) is 6.96. The Morgan fingerprint density at radius 1 is 0.971 bits per heavy atom. The number of hydrogen-bond donors (Lipinski definition) is 1. The van der Waals surface area contributed by atoms with Gasteiger partial charge < -0.3 is 14.9 Å². The minimum Gasteiger partial charge on any atom is -0.507 e. The first-order chi connectivity index (χ1) is 16.0. The van der Waals surface area contributed by atoms with E-state index in [4.69, 9.17) is 0 Å². The normalized spacial score (nSPS) is 18.2. The van der Waals surface area contributed by atoms with Crippen molar-refractivity contribution in [3.05, 3.63) is 75.9 Å². The van der Waals surface area contributed by atoms with Gasteiger partial charge in [-0.1, -0.05) is 71.0 Å². The van der Waals surface area contributed by atoms with Gasteiger partial charge in [-0.05, 0) is 60.7 Å². The van der Waals surface area contributed by atoms with Crippen LogP contribution >= 0.6 is 0 Å². The largest absolute Gasteiger partial charge is 0.507 e. The monoisotopic (exact) mass is 462 g/mol. The number of likely N-dealkylation sites (tertiary alicyclic amines) is 1. The van der Waals surface area contributed by atoms with Gasteiger partial charge in [0.2, 0.25) is 0 Å². The highest BCUT2D eigenvalue weighted by atomic mass is 16.3. The fraction of sp³-hybridized carbons (Fsp3) is 0.448. The first-order valence-corrected chi connectivity index (χ1v) is 12.2. The van der Waals surface area contributed by atoms with E-state index in [9.17, 15) is 14.7 Å². The van der Waals surface area contributed by atoms with Crippen LogP contribution in [0.25, 0.3) is 5.76 Å². The molecule has 2 aromatic rings. The molecule has 0 aromatic heterocycles. The van der Waals surface area contributed by atoms with Gasteiger partial charge >= 0.3 is 0 Å². The van der Waals surface area contributed by atoms with Crippen LogP contribution in [0.2, 0.25) is 0 Å². The standard InChI is InChI=1S/C29H38N2O3/c1-8-30(9-2)16-17-31-25(21-12-14-23(15-13-21)29(5,6)7)24(27(33)28(31)34)26(32)22-11-10-19(3)20(4)18-22/h10-15,18,25,32H,8-9,16-17H2,1-7H3/b26-24-. The van der Waals surface area contributed by atoms with Crippen molar-refractivity contribution in [2.75, 3.05) is 26.2 Å². The van der Waals surface area contributed by atoms with Crippen molar-refractivity contribution in [3.8, 4) is 0 Å². The van der Waals surface area contributed by atoms with E-state index in [0.29, 0.717) is 18.7 Å². The van der Waals surface area contributed by atoms with E-state index in [2.05, 4.69) is 51.7 Å². The SMILES string of the molecule is CCN(CC)CCN1C(=O)C(=O)/C(=C(\O)c2ccc(C)c(C)c2)C1c1ccc(C(C)(C)C)cc1. The molecule has 34 heavy (non-hydrogen) atoms. The Bertz CT molecular complexity index is 1090. The molecule has 1 fully saturated rings. The van der Waals surface area contributed by atoms with Crippen molar-refractivity contribution in [3.63, 3.8) is 0 Å². The first kappa shape index (κ1) is 25.7. The predicted molar refractivity (Wildman–Crippen MR) is 138 cm³/mol. The lowest BCUT2D eigenvalue weighted by Crippen LogP contribution is -2.38. The summed E-state index contributed by atoms with van der Waals surface area (Å²) in [5.74, 6) is -1.29. The van der Waals surface area contributed by atoms with Gasteiger partial charge in [-0.15, -0.1) is 0 Å². The Kier molecular flexibility index (Phi) is 7.67. The number of amides is 1. The van der Waals surface area contributed by atoms with Crippen LogP contribution in [-0.2, 0) is 15.0 Å². The average molecular weight is 463 g/mol. The molecule has 182 valence electrons. The minimum absolute atomic E-state index is 0.0114. The fourth-order valence-electron chi connectivity index (χ4n) is 4.46. The zero-order valence-corrected chi connectivity index (χ0v) is 21.6. The van der Waals surface area contributed by atoms with Crippen molar-refractivity contribution in [2.45, 2.75) is 59.9 Å². The molecule has 0 bridgehead atoms. The summed E-state index contributed by atoms with van der Waals surface area (Å²) in [6.07, 6.45) is 0. The van der Waals surface area contributed by atoms with Crippen LogP contribution in [0.15, 0.2) is 48.0 Å². The summed E-state index contributed by atoms with van der Waals surface area (Å²) in [5, 5.41) is 11.3. The van der Waals surface area contributed by atoms with Crippen molar-refractivity contribution in [2.24, 2.45) is 0 Å². The van der Waals surface area contributed by atoms with E-state index in [-0.39, 0.29) is 16.7 Å². The second-order valence-electron chi connectivity index (χ2n) is 10.2. The molecule has 1 heterocycles. The summed E-state index contributed by atoms with van der Waals surface area (Å²) in [4.78, 5) is 30.3. The molecule has 0 saturated carbocycles. The quantitative estimate of drug-likeness (QED) is 0.342. The summed E-state index contributed by atoms with van der Waals surface area (Å²) in [7, 11) is 0. The van der Waals surface area contributed by atoms with Crippen LogP contribution in [0.4, 0.5) is 0 Å². The second-order valence-corrected chi connectivity index (χ2v) is 10.2. The molecule has 2 aromatic carbocycles. The van der Waals surface area contributed by atoms with E-state index in [1.165, 1.54) is 5.56 Å². The number of Topliss-reactive ketones (excluding diaryl/α,β-unsaturated/α-hetero) is 1. The Morgan fingerprint density at radius 2 is 1.59 bits per heavy atom. The molecule has 1 unspecified atom stereocenters. The highest BCUT2D eigenvalue weighted by Crippen LogP contribution is 2.40. The van der Waals surface area contributed by atoms with E-state index in [1.807, 2.05) is 38.1 Å². The fourth-order valence-corrected chi connectivity index (χ4v) is 4.46. The lowest BCUT2D eigenvalue weighted by atomic mass is 9.85. The maximum absolute atomic E-state index is 13.3. The molecule has 1 N–H and O–H groups in total. The van der Waals surface area contributed by atoms with Crippen LogP contribution in [0.3, 0.4) is 0 Å². The topological polar surface area (TPSA) is 60.9 Å². The van der Waals surface area contributed by atoms with Gasteiger partial charge in [0.05, 0.1) is 11.6 Å². The van der Waals surface area contributed by atoms with Crippen molar-refractivity contribution in [1.29, 1.82) is 0 Å². The highest BCUT2D eigenvalue weighted by molar-refractivity contribution is 6.46. The van der Waals surface area contributed by atoms with Gasteiger partial charge in [0.15, 0.2) is 0 Å². The third kappa shape index (κ3) is 5.10. The molecule has 5 heteroatoms. The molecule has 0 radical (unpaired) electrons. The lowest BCUT2D eigenvalue weighted by molar-refractivity contribution is -0.140. The number of aliphatic hydroxyl groups is 1. The number of carbonyl (C=O) groups is 2. The van der Waals surface area contributed by atoms with Crippen LogP contribution in [0.5, 0.6) is 0 Å². The van der Waals surface area contributed by atoms with Crippen LogP contribution in [0, 0.1) is 13.8 Å². The smallest absolute Gasteiger partial charge is 0.295 e. The summed E-state index contributed by atoms with van der Waals surface area (Å²) in [5.41, 5.74) is 4.83. The van der Waals surface area contributed by atoms with Crippen molar-refractivity contribution < 1.29 is 14.7 Å². The molecule has 1 saturated heterocycles. The molecule has 1 amide bonds. The molecular formula is C29H38N2O3. The summed E-state index contributed by atoms with van der Waals surface area (Å²) >= 11 is 0. The number of rotatable bonds is 7. The van der Waals surface area contributed by atoms with Gasteiger partial charge in [0.1, 0.15) is 5.76 Å². The van der Waals surface area contributed by atoms with Gasteiger partial charge in [-0.3, -0.25) is 9.59 Å². The Labute approximate surface area is 204 Å². The highest BCUT2D eigenvalue weighted by Gasteiger charge is 2.46. The number of carbonyl (C=O) groups excluding carboxylic acids is 2. The van der Waals surface area contributed by atoms with Crippen molar-refractivity contribution >= 4 is 17.4 Å². The van der Waals surface area contributed by atoms with Gasteiger partial charge in [0.25, 0.3) is 11.7 Å². The minimum atomic E-state index is -0.625. The number of benzene rings is 2. The first-order valence-electron chi connectivity index (χ1n) is 12.2. The zero-order valence-electron chi connectivity index (χ0n) is 21.6. The summed E-state index contributed by atoms with van der Waals surface area (Å²) < 4.78 is 0. The Hall–Kier alpha value is -2.92. The van der Waals surface area contributed by atoms with Gasteiger partial charge in [0, 0.05) is 18.7 Å². The van der Waals surface area contributed by atoms with E-state index in [0.717, 1.165) is 29.8 Å². The van der Waals surface area contributed by atoms with Crippen LogP contribution in [0.1, 0.15) is 68.5 Å². The maximum atomic E-state index is 13.3. The molecule has 0 spiro atoms. The number of likely N-dealkylation sites (N-methyl/N-ethyl adjacent to an activating group) is 1. The number of aryl methyl sites for hydroxylation is 2. The molecule has 3 rings (SSSR count). The van der Waals surface area contributed by atoms with Crippen LogP contribution < -0.4 is 0 Å². The molecule has 1 aliphatic rings. The molecule has 1 aliphatic heterocycles. The average Bonchev–Trinajstić information content (AvgIpc) is 3.05. The number of ketones is 1. The zero-order chi connectivity index (χ0) is 25.2. The molecule has 1 atom stereocenters. The molecule has 0 aliphatic carbocycles. The third-order valence-electron chi connectivity index (χ3n) is 6.96. The number of aliphatic hydroxyl groups excluding tert-OH is 1. The van der Waals surface area contributed by atoms with E-state index < -0.39 is 17.7 Å². The Balaban J connectivity index is 2.13. The second kappa shape index (κ2) is 10.1. The summed E-state index contributed by atoms with van der Waals surface area (Å²) in [6.45, 7) is 17.4. The van der Waals surface area contributed by atoms with Crippen molar-refractivity contribution in [1.82, 2.24) is 9.80 Å². The van der Waals surface area contributed by atoms with E-state index >= 15 is 0 Å². The molecule has 5 nitrogen and oxygen atoms in total. The van der Waals surface area contributed by atoms with E-state index in [1.54, 1.807) is 11.0 Å². The van der Waals surface area contributed by atoms with Crippen LogP contribution in [-0.4, -0.2) is 52.8 Å². The van der Waals surface area contributed by atoms with Gasteiger partial charge in [-0.25, -0.2) is 0 Å². The summed E-state index contributed by atoms with van der Waals surface area (Å²) in [6, 6.07) is 13.0.